The van der Waals surface area contributed by atoms with E-state index in [9.17, 15) is 13.2 Å². The minimum atomic E-state index is -2.97. The van der Waals surface area contributed by atoms with Gasteiger partial charge < -0.3 is 5.32 Å². The van der Waals surface area contributed by atoms with Gasteiger partial charge in [0, 0.05) is 11.3 Å². The van der Waals surface area contributed by atoms with E-state index in [1.165, 1.54) is 0 Å². The summed E-state index contributed by atoms with van der Waals surface area (Å²) < 4.78 is 25.1. The minimum Gasteiger partial charge on any atom is -0.328 e. The summed E-state index contributed by atoms with van der Waals surface area (Å²) in [4.78, 5) is 11.7. The molecule has 2 saturated heterocycles. The SMILES string of the molecule is Cc1nn([C@@H]2CCS(=O)(=O)C2)c(C)c1/C=C1\NC(=S)NC1=O. The molecule has 2 N–H and O–H groups in total. The third kappa shape index (κ3) is 2.66. The van der Waals surface area contributed by atoms with Gasteiger partial charge in [0.15, 0.2) is 14.9 Å². The fourth-order valence-electron chi connectivity index (χ4n) is 2.84. The molecule has 1 aromatic heterocycles. The van der Waals surface area contributed by atoms with Crippen LogP contribution in [-0.4, -0.2) is 40.7 Å². The summed E-state index contributed by atoms with van der Waals surface area (Å²) in [5.41, 5.74) is 2.78. The average Bonchev–Trinajstić information content (AvgIpc) is 3.02. The van der Waals surface area contributed by atoms with E-state index in [0.29, 0.717) is 12.1 Å². The lowest BCUT2D eigenvalue weighted by Crippen LogP contribution is -2.21. The molecule has 118 valence electrons. The molecule has 7 nitrogen and oxygen atoms in total. The summed E-state index contributed by atoms with van der Waals surface area (Å²) in [5, 5.41) is 10.0. The van der Waals surface area contributed by atoms with E-state index in [1.54, 1.807) is 10.8 Å². The van der Waals surface area contributed by atoms with Gasteiger partial charge in [0.2, 0.25) is 0 Å². The molecule has 2 aliphatic rings. The normalized spacial score (nSPS) is 25.5. The Kier molecular flexibility index (Phi) is 3.56. The molecular weight excluding hydrogens is 324 g/mol. The molecule has 3 heterocycles. The Morgan fingerprint density at radius 2 is 2.09 bits per heavy atom. The fraction of sp³-hybridized carbons (Fsp3) is 0.462. The van der Waals surface area contributed by atoms with Crippen LogP contribution in [0.5, 0.6) is 0 Å². The monoisotopic (exact) mass is 340 g/mol. The summed E-state index contributed by atoms with van der Waals surface area (Å²) in [7, 11) is -2.97. The number of sulfone groups is 1. The third-order valence-electron chi connectivity index (χ3n) is 3.94. The van der Waals surface area contributed by atoms with Crippen molar-refractivity contribution in [3.8, 4) is 0 Å². The standard InChI is InChI=1S/C13H16N4O3S2/c1-7-10(5-11-12(18)15-13(21)14-11)8(2)17(16-7)9-3-4-22(19,20)6-9/h5,9H,3-4,6H2,1-2H3,(H2,14,15,18,21)/b11-5-/t9-/m1/s1. The van der Waals surface area contributed by atoms with Gasteiger partial charge in [0.05, 0.1) is 23.2 Å². The van der Waals surface area contributed by atoms with Crippen molar-refractivity contribution in [1.29, 1.82) is 0 Å². The van der Waals surface area contributed by atoms with Crippen molar-refractivity contribution in [3.63, 3.8) is 0 Å². The highest BCUT2D eigenvalue weighted by molar-refractivity contribution is 7.91. The molecule has 1 atom stereocenters. The van der Waals surface area contributed by atoms with E-state index in [4.69, 9.17) is 12.2 Å². The number of nitrogens with one attached hydrogen (secondary N) is 2. The maximum Gasteiger partial charge on any atom is 0.273 e. The number of nitrogens with zero attached hydrogens (tertiary/aromatic N) is 2. The van der Waals surface area contributed by atoms with Crippen LogP contribution in [0.3, 0.4) is 0 Å². The van der Waals surface area contributed by atoms with Crippen LogP contribution in [0.1, 0.15) is 29.4 Å². The van der Waals surface area contributed by atoms with E-state index < -0.39 is 9.84 Å². The average molecular weight is 340 g/mol. The van der Waals surface area contributed by atoms with Crippen LogP contribution in [0, 0.1) is 13.8 Å². The molecule has 2 aliphatic heterocycles. The molecule has 9 heteroatoms. The molecule has 1 aromatic rings. The lowest BCUT2D eigenvalue weighted by molar-refractivity contribution is -0.115. The van der Waals surface area contributed by atoms with Crippen LogP contribution in [-0.2, 0) is 14.6 Å². The van der Waals surface area contributed by atoms with Crippen LogP contribution in [0.2, 0.25) is 0 Å². The number of carbonyl (C=O) groups excluding carboxylic acids is 1. The van der Waals surface area contributed by atoms with Crippen molar-refractivity contribution in [2.45, 2.75) is 26.3 Å². The molecule has 0 unspecified atom stereocenters. The number of hydrogen-bond acceptors (Lipinski definition) is 5. The second-order valence-electron chi connectivity index (χ2n) is 5.55. The number of rotatable bonds is 2. The van der Waals surface area contributed by atoms with Crippen LogP contribution < -0.4 is 10.6 Å². The highest BCUT2D eigenvalue weighted by Crippen LogP contribution is 2.27. The van der Waals surface area contributed by atoms with Crippen LogP contribution in [0.15, 0.2) is 5.70 Å². The number of aryl methyl sites for hydroxylation is 1. The number of thiocarbonyl (C=S) groups is 1. The summed E-state index contributed by atoms with van der Waals surface area (Å²) in [6.07, 6.45) is 2.27. The maximum absolute atomic E-state index is 11.7. The summed E-state index contributed by atoms with van der Waals surface area (Å²) in [5.74, 6) is 0.0401. The molecule has 0 aromatic carbocycles. The second kappa shape index (κ2) is 5.17. The Hall–Kier alpha value is -1.74. The lowest BCUT2D eigenvalue weighted by Gasteiger charge is -2.11. The topological polar surface area (TPSA) is 93.1 Å². The van der Waals surface area contributed by atoms with Gasteiger partial charge in [-0.15, -0.1) is 0 Å². The van der Waals surface area contributed by atoms with Gasteiger partial charge in [0.1, 0.15) is 5.70 Å². The Balaban J connectivity index is 1.96. The van der Waals surface area contributed by atoms with Crippen molar-refractivity contribution < 1.29 is 13.2 Å². The highest BCUT2D eigenvalue weighted by atomic mass is 32.2. The molecule has 1 amide bonds. The summed E-state index contributed by atoms with van der Waals surface area (Å²) >= 11 is 4.90. The predicted octanol–water partition coefficient (Wildman–Crippen LogP) is 0.205. The largest absolute Gasteiger partial charge is 0.328 e. The Morgan fingerprint density at radius 3 is 2.64 bits per heavy atom. The molecule has 0 bridgehead atoms. The van der Waals surface area contributed by atoms with Crippen molar-refractivity contribution in [2.75, 3.05) is 11.5 Å². The first-order valence-electron chi connectivity index (χ1n) is 6.87. The van der Waals surface area contributed by atoms with Gasteiger partial charge in [-0.2, -0.15) is 5.10 Å². The molecular formula is C13H16N4O3S2. The van der Waals surface area contributed by atoms with Crippen molar-refractivity contribution in [3.05, 3.63) is 22.6 Å². The molecule has 0 saturated carbocycles. The van der Waals surface area contributed by atoms with Gasteiger partial charge >= 0.3 is 0 Å². The van der Waals surface area contributed by atoms with E-state index in [2.05, 4.69) is 15.7 Å². The van der Waals surface area contributed by atoms with Gasteiger partial charge in [-0.3, -0.25) is 14.8 Å². The summed E-state index contributed by atoms with van der Waals surface area (Å²) in [6, 6.07) is -0.137. The Bertz CT molecular complexity index is 807. The number of aromatic nitrogens is 2. The maximum atomic E-state index is 11.7. The first-order chi connectivity index (χ1) is 10.3. The van der Waals surface area contributed by atoms with Crippen LogP contribution >= 0.6 is 12.2 Å². The zero-order chi connectivity index (χ0) is 16.1. The van der Waals surface area contributed by atoms with E-state index >= 15 is 0 Å². The fourth-order valence-corrected chi connectivity index (χ4v) is 4.73. The zero-order valence-corrected chi connectivity index (χ0v) is 13.8. The van der Waals surface area contributed by atoms with Crippen molar-refractivity contribution in [2.24, 2.45) is 0 Å². The van der Waals surface area contributed by atoms with Gasteiger partial charge in [-0.05, 0) is 38.6 Å². The summed E-state index contributed by atoms with van der Waals surface area (Å²) in [6.45, 7) is 3.72. The lowest BCUT2D eigenvalue weighted by atomic mass is 10.1. The Labute approximate surface area is 133 Å². The highest BCUT2D eigenvalue weighted by Gasteiger charge is 2.31. The first kappa shape index (κ1) is 15.2. The van der Waals surface area contributed by atoms with E-state index in [0.717, 1.165) is 17.0 Å². The quantitative estimate of drug-likeness (QED) is 0.590. The van der Waals surface area contributed by atoms with Crippen LogP contribution in [0.4, 0.5) is 0 Å². The molecule has 2 fully saturated rings. The second-order valence-corrected chi connectivity index (χ2v) is 8.19. The van der Waals surface area contributed by atoms with Crippen LogP contribution in [0.25, 0.3) is 6.08 Å². The predicted molar refractivity (Wildman–Crippen MR) is 85.9 cm³/mol. The number of carbonyl (C=O) groups is 1. The molecule has 0 aliphatic carbocycles. The van der Waals surface area contributed by atoms with E-state index in [-0.39, 0.29) is 28.6 Å². The smallest absolute Gasteiger partial charge is 0.273 e. The van der Waals surface area contributed by atoms with Gasteiger partial charge in [-0.1, -0.05) is 0 Å². The molecule has 3 rings (SSSR count). The van der Waals surface area contributed by atoms with E-state index in [1.807, 2.05) is 13.8 Å². The molecule has 0 spiro atoms. The van der Waals surface area contributed by atoms with Crippen molar-refractivity contribution in [1.82, 2.24) is 20.4 Å². The number of hydrogen-bond donors (Lipinski definition) is 2. The zero-order valence-electron chi connectivity index (χ0n) is 12.2. The first-order valence-corrected chi connectivity index (χ1v) is 9.10. The third-order valence-corrected chi connectivity index (χ3v) is 5.90. The number of amides is 1. The Morgan fingerprint density at radius 1 is 1.36 bits per heavy atom. The molecule has 0 radical (unpaired) electrons. The van der Waals surface area contributed by atoms with Crippen molar-refractivity contribution >= 4 is 39.2 Å². The molecule has 22 heavy (non-hydrogen) atoms. The van der Waals surface area contributed by atoms with Gasteiger partial charge in [0.25, 0.3) is 5.91 Å². The minimum absolute atomic E-state index is 0.119. The van der Waals surface area contributed by atoms with Gasteiger partial charge in [-0.25, -0.2) is 8.42 Å².